The molecule has 2 fully saturated rings. The Hall–Kier alpha value is -2.28. The zero-order chi connectivity index (χ0) is 32.7. The number of aliphatic hydroxyl groups is 4. The molecule has 0 aromatic heterocycles. The number of allylic oxidation sites excluding steroid dienone is 2. The molecule has 3 aliphatic heterocycles. The van der Waals surface area contributed by atoms with Crippen molar-refractivity contribution >= 4 is 12.1 Å². The van der Waals surface area contributed by atoms with Gasteiger partial charge in [-0.2, -0.15) is 0 Å². The third-order valence-electron chi connectivity index (χ3n) is 8.86. The lowest BCUT2D eigenvalue weighted by Gasteiger charge is -2.35. The van der Waals surface area contributed by atoms with Gasteiger partial charge in [-0.25, -0.2) is 4.79 Å². The Morgan fingerprint density at radius 3 is 2.64 bits per heavy atom. The fourth-order valence-corrected chi connectivity index (χ4v) is 5.73. The van der Waals surface area contributed by atoms with Gasteiger partial charge in [-0.05, 0) is 51.7 Å². The summed E-state index contributed by atoms with van der Waals surface area (Å²) in [5.74, 6) is -0.961. The Morgan fingerprint density at radius 1 is 1.30 bits per heavy atom. The van der Waals surface area contributed by atoms with E-state index in [0.717, 1.165) is 0 Å². The number of epoxide rings is 1. The van der Waals surface area contributed by atoms with Crippen molar-refractivity contribution in [3.8, 4) is 0 Å². The molecule has 2 saturated heterocycles. The molecule has 3 rings (SSSR count). The zero-order valence-electron chi connectivity index (χ0n) is 27.1. The van der Waals surface area contributed by atoms with Crippen LogP contribution < -0.4 is 0 Å². The molecule has 10 atom stereocenters. The molecule has 0 saturated carbocycles. The first-order chi connectivity index (χ1) is 20.6. The van der Waals surface area contributed by atoms with Gasteiger partial charge in [0.2, 0.25) is 0 Å². The van der Waals surface area contributed by atoms with Crippen LogP contribution in [0.2, 0.25) is 0 Å². The third kappa shape index (κ3) is 10.7. The predicted octanol–water partition coefficient (Wildman–Crippen LogP) is 3.04. The smallest absolute Gasteiger partial charge is 0.410 e. The van der Waals surface area contributed by atoms with E-state index in [9.17, 15) is 30.0 Å². The van der Waals surface area contributed by atoms with Gasteiger partial charge in [0.05, 0.1) is 49.7 Å². The van der Waals surface area contributed by atoms with Crippen LogP contribution in [0.25, 0.3) is 0 Å². The predicted molar refractivity (Wildman–Crippen MR) is 164 cm³/mol. The topological polar surface area (TPSA) is 159 Å². The molecule has 3 heterocycles. The number of esters is 1. The van der Waals surface area contributed by atoms with Crippen LogP contribution in [0.4, 0.5) is 4.79 Å². The van der Waals surface area contributed by atoms with E-state index in [4.69, 9.17) is 18.9 Å². The van der Waals surface area contributed by atoms with Crippen molar-refractivity contribution in [2.75, 3.05) is 26.3 Å². The molecule has 0 bridgehead atoms. The molecular formula is C33H53NO10. The van der Waals surface area contributed by atoms with Crippen LogP contribution in [0.3, 0.4) is 0 Å². The molecule has 0 aliphatic carbocycles. The van der Waals surface area contributed by atoms with Gasteiger partial charge in [0.15, 0.2) is 6.10 Å². The lowest BCUT2D eigenvalue weighted by molar-refractivity contribution is -0.151. The van der Waals surface area contributed by atoms with E-state index in [2.05, 4.69) is 0 Å². The number of amides is 1. The van der Waals surface area contributed by atoms with Gasteiger partial charge in [0, 0.05) is 31.3 Å². The monoisotopic (exact) mass is 623 g/mol. The van der Waals surface area contributed by atoms with Gasteiger partial charge >= 0.3 is 12.1 Å². The van der Waals surface area contributed by atoms with Crippen LogP contribution in [-0.2, 0) is 23.7 Å². The van der Waals surface area contributed by atoms with Gasteiger partial charge in [-0.3, -0.25) is 4.79 Å². The number of hydrogen-bond acceptors (Lipinski definition) is 10. The summed E-state index contributed by atoms with van der Waals surface area (Å²) in [4.78, 5) is 27.2. The minimum Gasteiger partial charge on any atom is -0.457 e. The van der Waals surface area contributed by atoms with E-state index in [-0.39, 0.29) is 43.3 Å². The van der Waals surface area contributed by atoms with Gasteiger partial charge in [0.25, 0.3) is 0 Å². The van der Waals surface area contributed by atoms with Crippen molar-refractivity contribution in [1.29, 1.82) is 0 Å². The van der Waals surface area contributed by atoms with Gasteiger partial charge in [-0.15, -0.1) is 0 Å². The summed E-state index contributed by atoms with van der Waals surface area (Å²) in [6, 6.07) is 0. The molecule has 4 N–H and O–H groups in total. The third-order valence-corrected chi connectivity index (χ3v) is 8.86. The maximum Gasteiger partial charge on any atom is 0.410 e. The molecule has 0 radical (unpaired) electrons. The number of morpholine rings is 1. The highest BCUT2D eigenvalue weighted by atomic mass is 16.6. The van der Waals surface area contributed by atoms with E-state index >= 15 is 0 Å². The summed E-state index contributed by atoms with van der Waals surface area (Å²) in [7, 11) is 0. The number of rotatable bonds is 9. The maximum absolute atomic E-state index is 12.9. The summed E-state index contributed by atoms with van der Waals surface area (Å²) in [5.41, 5.74) is -1.95. The summed E-state index contributed by atoms with van der Waals surface area (Å²) >= 11 is 0. The number of ether oxygens (including phenoxy) is 4. The van der Waals surface area contributed by atoms with Gasteiger partial charge < -0.3 is 44.3 Å². The second kappa shape index (κ2) is 15.8. The highest BCUT2D eigenvalue weighted by molar-refractivity contribution is 5.70. The summed E-state index contributed by atoms with van der Waals surface area (Å²) < 4.78 is 22.6. The molecule has 44 heavy (non-hydrogen) atoms. The lowest BCUT2D eigenvalue weighted by atomic mass is 9.88. The van der Waals surface area contributed by atoms with E-state index in [1.165, 1.54) is 4.90 Å². The van der Waals surface area contributed by atoms with Crippen LogP contribution in [0.5, 0.6) is 0 Å². The van der Waals surface area contributed by atoms with Crippen molar-refractivity contribution < 1.29 is 49.0 Å². The number of aliphatic hydroxyl groups excluding tert-OH is 2. The zero-order valence-corrected chi connectivity index (χ0v) is 27.1. The summed E-state index contributed by atoms with van der Waals surface area (Å²) in [6.07, 6.45) is 5.52. The van der Waals surface area contributed by atoms with Gasteiger partial charge in [0.1, 0.15) is 11.7 Å². The first-order valence-corrected chi connectivity index (χ1v) is 15.9. The lowest BCUT2D eigenvalue weighted by Crippen LogP contribution is -2.47. The largest absolute Gasteiger partial charge is 0.457 e. The molecule has 11 heteroatoms. The normalized spacial score (nSPS) is 35.2. The molecule has 3 aliphatic rings. The standard InChI is InChI=1S/C33H53NO10/c1-7-25(36)23(4)30-26(42-30)20-32(5,39)13-8-9-21(2)29-22(3)10-11-27(43-31(38)34-15-17-41-18-16-34)33(6,40)14-12-24(35)19-28(37)44-29/h8-11,13,22-27,29-30,35-36,39-40H,7,12,14-20H2,1-6H3. The van der Waals surface area contributed by atoms with Crippen LogP contribution >= 0.6 is 0 Å². The van der Waals surface area contributed by atoms with Crippen LogP contribution in [0.1, 0.15) is 73.6 Å². The first-order valence-electron chi connectivity index (χ1n) is 15.9. The Kier molecular flexibility index (Phi) is 13.0. The Bertz CT molecular complexity index is 1050. The minimum absolute atomic E-state index is 0.0121. The summed E-state index contributed by atoms with van der Waals surface area (Å²) in [5, 5.41) is 42.9. The molecular weight excluding hydrogens is 570 g/mol. The van der Waals surface area contributed by atoms with E-state index in [0.29, 0.717) is 44.7 Å². The number of cyclic esters (lactones) is 1. The number of carbonyl (C=O) groups is 2. The molecule has 1 amide bonds. The van der Waals surface area contributed by atoms with Crippen molar-refractivity contribution in [2.24, 2.45) is 11.8 Å². The van der Waals surface area contributed by atoms with Gasteiger partial charge in [-0.1, -0.05) is 45.1 Å². The average Bonchev–Trinajstić information content (AvgIpc) is 3.73. The van der Waals surface area contributed by atoms with Crippen molar-refractivity contribution in [2.45, 2.75) is 121 Å². The summed E-state index contributed by atoms with van der Waals surface area (Å²) in [6.45, 7) is 12.4. The Labute approximate surface area is 261 Å². The Morgan fingerprint density at radius 2 is 1.98 bits per heavy atom. The van der Waals surface area contributed by atoms with Crippen molar-refractivity contribution in [3.63, 3.8) is 0 Å². The Balaban J connectivity index is 1.74. The first kappa shape index (κ1) is 36.2. The highest BCUT2D eigenvalue weighted by Crippen LogP contribution is 2.37. The van der Waals surface area contributed by atoms with Crippen molar-refractivity contribution in [3.05, 3.63) is 36.0 Å². The maximum atomic E-state index is 12.9. The average molecular weight is 624 g/mol. The minimum atomic E-state index is -1.49. The number of hydrogen-bond donors (Lipinski definition) is 4. The molecule has 0 aromatic rings. The van der Waals surface area contributed by atoms with E-state index < -0.39 is 47.7 Å². The van der Waals surface area contributed by atoms with Crippen molar-refractivity contribution in [1.82, 2.24) is 4.90 Å². The molecule has 250 valence electrons. The molecule has 10 unspecified atom stereocenters. The molecule has 11 nitrogen and oxygen atoms in total. The highest BCUT2D eigenvalue weighted by Gasteiger charge is 2.47. The quantitative estimate of drug-likeness (QED) is 0.130. The molecule has 0 aromatic carbocycles. The SMILES string of the molecule is CCC(O)C(C)C1OC1CC(C)(O)C=CC=C(C)C1OC(=O)CC(O)CCC(C)(O)C(OC(=O)N2CCOCC2)C=CC1C. The van der Waals surface area contributed by atoms with E-state index in [1.54, 1.807) is 44.2 Å². The second-order valence-electron chi connectivity index (χ2n) is 13.1. The fourth-order valence-electron chi connectivity index (χ4n) is 5.73. The van der Waals surface area contributed by atoms with Crippen LogP contribution in [0, 0.1) is 11.8 Å². The number of carbonyl (C=O) groups excluding carboxylic acids is 2. The van der Waals surface area contributed by atoms with Crippen LogP contribution in [0.15, 0.2) is 36.0 Å². The fraction of sp³-hybridized carbons (Fsp3) is 0.758. The molecule has 0 spiro atoms. The second-order valence-corrected chi connectivity index (χ2v) is 13.1. The van der Waals surface area contributed by atoms with Crippen LogP contribution in [-0.4, -0.2) is 112 Å². The van der Waals surface area contributed by atoms with E-state index in [1.807, 2.05) is 27.7 Å². The number of nitrogens with zero attached hydrogens (tertiary/aromatic N) is 1.